The van der Waals surface area contributed by atoms with Crippen LogP contribution >= 0.6 is 0 Å². The number of carbonyl (C=O) groups is 2. The number of rotatable bonds is 9. The molecule has 0 radical (unpaired) electrons. The van der Waals surface area contributed by atoms with E-state index in [2.05, 4.69) is 0 Å². The number of aryl methyl sites for hydroxylation is 1. The molecule has 7 nitrogen and oxygen atoms in total. The second-order valence-corrected chi connectivity index (χ2v) is 7.82. The third-order valence-corrected chi connectivity index (χ3v) is 5.56. The third-order valence-electron chi connectivity index (χ3n) is 5.56. The molecule has 0 amide bonds. The summed E-state index contributed by atoms with van der Waals surface area (Å²) in [4.78, 5) is 26.1. The molecule has 0 bridgehead atoms. The second kappa shape index (κ2) is 10.8. The maximum absolute atomic E-state index is 13.2. The van der Waals surface area contributed by atoms with Gasteiger partial charge in [-0.15, -0.1) is 0 Å². The van der Waals surface area contributed by atoms with Crippen LogP contribution in [0.15, 0.2) is 71.2 Å². The lowest BCUT2D eigenvalue weighted by Gasteiger charge is -2.09. The molecule has 0 aliphatic heterocycles. The Morgan fingerprint density at radius 1 is 0.917 bits per heavy atom. The quantitative estimate of drug-likeness (QED) is 0.119. The Balaban J connectivity index is 1.61. The molecule has 0 saturated heterocycles. The van der Waals surface area contributed by atoms with Crippen molar-refractivity contribution in [3.63, 3.8) is 0 Å². The molecule has 7 heteroatoms. The number of hydrogen-bond donors (Lipinski definition) is 0. The van der Waals surface area contributed by atoms with Crippen LogP contribution in [0.5, 0.6) is 23.0 Å². The highest BCUT2D eigenvalue weighted by atomic mass is 16.5. The van der Waals surface area contributed by atoms with Crippen molar-refractivity contribution in [1.82, 2.24) is 0 Å². The number of fused-ring (bicyclic) bond motifs is 1. The van der Waals surface area contributed by atoms with Gasteiger partial charge in [0.25, 0.3) is 0 Å². The summed E-state index contributed by atoms with van der Waals surface area (Å²) >= 11 is 0. The van der Waals surface area contributed by atoms with Gasteiger partial charge in [0.05, 0.1) is 26.4 Å². The van der Waals surface area contributed by atoms with Gasteiger partial charge in [0.1, 0.15) is 39.9 Å². The summed E-state index contributed by atoms with van der Waals surface area (Å²) in [7, 11) is 3.02. The van der Waals surface area contributed by atoms with Crippen LogP contribution in [0.2, 0.25) is 0 Å². The summed E-state index contributed by atoms with van der Waals surface area (Å²) in [5.41, 5.74) is 1.80. The number of ether oxygens (including phenoxy) is 4. The molecule has 1 aromatic heterocycles. The van der Waals surface area contributed by atoms with E-state index in [9.17, 15) is 9.59 Å². The van der Waals surface area contributed by atoms with Crippen LogP contribution in [0.4, 0.5) is 0 Å². The Kier molecular flexibility index (Phi) is 7.39. The molecule has 0 N–H and O–H groups in total. The zero-order valence-electron chi connectivity index (χ0n) is 20.5. The van der Waals surface area contributed by atoms with Crippen molar-refractivity contribution >= 4 is 28.8 Å². The first-order valence-electron chi connectivity index (χ1n) is 11.4. The van der Waals surface area contributed by atoms with E-state index in [1.807, 2.05) is 6.92 Å². The Morgan fingerprint density at radius 3 is 2.44 bits per heavy atom. The van der Waals surface area contributed by atoms with Crippen molar-refractivity contribution in [3.05, 3.63) is 89.2 Å². The number of hydrogen-bond acceptors (Lipinski definition) is 7. The Morgan fingerprint density at radius 2 is 1.69 bits per heavy atom. The van der Waals surface area contributed by atoms with Gasteiger partial charge in [-0.2, -0.15) is 0 Å². The van der Waals surface area contributed by atoms with Gasteiger partial charge in [-0.3, -0.25) is 4.79 Å². The summed E-state index contributed by atoms with van der Waals surface area (Å²) in [6.45, 7) is 4.10. The fourth-order valence-electron chi connectivity index (χ4n) is 3.83. The van der Waals surface area contributed by atoms with Gasteiger partial charge >= 0.3 is 5.97 Å². The number of furan rings is 1. The van der Waals surface area contributed by atoms with Gasteiger partial charge in [-0.1, -0.05) is 18.2 Å². The van der Waals surface area contributed by atoms with Gasteiger partial charge in [0.2, 0.25) is 0 Å². The summed E-state index contributed by atoms with van der Waals surface area (Å²) in [5.74, 6) is 1.50. The van der Waals surface area contributed by atoms with Gasteiger partial charge in [-0.25, -0.2) is 4.79 Å². The molecule has 0 unspecified atom stereocenters. The standard InChI is InChI=1S/C29H26O7/c1-5-34-21-12-15-27-23(17-21)28(18(2)35-27)29(31)36-25-9-7-6-8-19(25)10-13-24(30)22-16-20(32-3)11-14-26(22)33-4/h6-17H,5H2,1-4H3. The number of carbonyl (C=O) groups excluding carboxylic acids is 2. The number of para-hydroxylation sites is 1. The number of allylic oxidation sites excluding steroid dienone is 1. The molecule has 36 heavy (non-hydrogen) atoms. The molecule has 0 aliphatic rings. The molecular formula is C29H26O7. The molecule has 0 fully saturated rings. The van der Waals surface area contributed by atoms with Crippen LogP contribution in [-0.4, -0.2) is 32.6 Å². The highest BCUT2D eigenvalue weighted by Gasteiger charge is 2.22. The zero-order chi connectivity index (χ0) is 25.7. The summed E-state index contributed by atoms with van der Waals surface area (Å²) < 4.78 is 27.6. The maximum atomic E-state index is 13.2. The first-order chi connectivity index (χ1) is 17.4. The summed E-state index contributed by atoms with van der Waals surface area (Å²) in [6.07, 6.45) is 2.99. The molecule has 184 valence electrons. The average Bonchev–Trinajstić information content (AvgIpc) is 3.22. The van der Waals surface area contributed by atoms with Crippen molar-refractivity contribution in [3.8, 4) is 23.0 Å². The number of methoxy groups -OCH3 is 2. The lowest BCUT2D eigenvalue weighted by atomic mass is 10.1. The largest absolute Gasteiger partial charge is 0.497 e. The van der Waals surface area contributed by atoms with Gasteiger partial charge in [0, 0.05) is 10.9 Å². The van der Waals surface area contributed by atoms with E-state index < -0.39 is 5.97 Å². The molecule has 3 aromatic carbocycles. The van der Waals surface area contributed by atoms with Crippen molar-refractivity contribution in [1.29, 1.82) is 0 Å². The molecular weight excluding hydrogens is 460 g/mol. The van der Waals surface area contributed by atoms with E-state index in [0.717, 1.165) is 0 Å². The molecule has 4 aromatic rings. The van der Waals surface area contributed by atoms with Crippen LogP contribution in [0.1, 0.15) is 39.0 Å². The van der Waals surface area contributed by atoms with Crippen LogP contribution in [-0.2, 0) is 0 Å². The number of benzene rings is 3. The monoisotopic (exact) mass is 486 g/mol. The van der Waals surface area contributed by atoms with Crippen LogP contribution in [0.25, 0.3) is 17.0 Å². The van der Waals surface area contributed by atoms with Gasteiger partial charge in [0.15, 0.2) is 5.78 Å². The Labute approximate surface area is 208 Å². The van der Waals surface area contributed by atoms with E-state index in [1.54, 1.807) is 73.7 Å². The second-order valence-electron chi connectivity index (χ2n) is 7.82. The predicted molar refractivity (Wildman–Crippen MR) is 136 cm³/mol. The third kappa shape index (κ3) is 5.10. The van der Waals surface area contributed by atoms with Gasteiger partial charge in [-0.05, 0) is 68.5 Å². The molecule has 0 atom stereocenters. The van der Waals surface area contributed by atoms with Crippen LogP contribution < -0.4 is 18.9 Å². The highest BCUT2D eigenvalue weighted by molar-refractivity contribution is 6.09. The fourth-order valence-corrected chi connectivity index (χ4v) is 3.83. The first-order valence-corrected chi connectivity index (χ1v) is 11.4. The van der Waals surface area contributed by atoms with E-state index in [0.29, 0.717) is 63.0 Å². The topological polar surface area (TPSA) is 84.2 Å². The van der Waals surface area contributed by atoms with Gasteiger partial charge < -0.3 is 23.4 Å². The van der Waals surface area contributed by atoms with E-state index in [1.165, 1.54) is 20.3 Å². The van der Waals surface area contributed by atoms with E-state index in [-0.39, 0.29) is 5.78 Å². The lowest BCUT2D eigenvalue weighted by Crippen LogP contribution is -2.10. The Hall–Kier alpha value is -4.52. The minimum absolute atomic E-state index is 0.285. The molecule has 0 aliphatic carbocycles. The van der Waals surface area contributed by atoms with E-state index >= 15 is 0 Å². The summed E-state index contributed by atoms with van der Waals surface area (Å²) in [5, 5.41) is 0.608. The SMILES string of the molecule is CCOc1ccc2oc(C)c(C(=O)Oc3ccccc3C=CC(=O)c3cc(OC)ccc3OC)c2c1. The Bertz CT molecular complexity index is 1450. The number of esters is 1. The zero-order valence-corrected chi connectivity index (χ0v) is 20.5. The fraction of sp³-hybridized carbons (Fsp3) is 0.172. The average molecular weight is 487 g/mol. The highest BCUT2D eigenvalue weighted by Crippen LogP contribution is 2.31. The van der Waals surface area contributed by atoms with Crippen molar-refractivity contribution in [2.24, 2.45) is 0 Å². The molecule has 0 spiro atoms. The van der Waals surface area contributed by atoms with Crippen molar-refractivity contribution in [2.45, 2.75) is 13.8 Å². The van der Waals surface area contributed by atoms with Crippen LogP contribution in [0, 0.1) is 6.92 Å². The van der Waals surface area contributed by atoms with Crippen molar-refractivity contribution in [2.75, 3.05) is 20.8 Å². The van der Waals surface area contributed by atoms with E-state index in [4.69, 9.17) is 23.4 Å². The predicted octanol–water partition coefficient (Wildman–Crippen LogP) is 6.27. The minimum atomic E-state index is -0.568. The van der Waals surface area contributed by atoms with Crippen LogP contribution in [0.3, 0.4) is 0 Å². The molecule has 1 heterocycles. The van der Waals surface area contributed by atoms with Crippen molar-refractivity contribution < 1.29 is 33.0 Å². The number of ketones is 1. The minimum Gasteiger partial charge on any atom is -0.497 e. The first kappa shape index (κ1) is 24.6. The molecule has 0 saturated carbocycles. The normalized spacial score (nSPS) is 11.0. The summed E-state index contributed by atoms with van der Waals surface area (Å²) in [6, 6.07) is 17.3. The molecule has 4 rings (SSSR count). The maximum Gasteiger partial charge on any atom is 0.347 e. The smallest absolute Gasteiger partial charge is 0.347 e. The lowest BCUT2D eigenvalue weighted by molar-refractivity contribution is 0.0734.